The van der Waals surface area contributed by atoms with Crippen molar-refractivity contribution in [2.75, 3.05) is 13.6 Å². The van der Waals surface area contributed by atoms with Crippen LogP contribution < -0.4 is 0 Å². The highest BCUT2D eigenvalue weighted by molar-refractivity contribution is 5.90. The zero-order chi connectivity index (χ0) is 12.3. The summed E-state index contributed by atoms with van der Waals surface area (Å²) in [5.41, 5.74) is 0.574. The van der Waals surface area contributed by atoms with Crippen LogP contribution in [0.1, 0.15) is 40.5 Å². The van der Waals surface area contributed by atoms with E-state index in [0.717, 1.165) is 25.1 Å². The summed E-state index contributed by atoms with van der Waals surface area (Å²) in [7, 11) is 1.76. The molecule has 0 aromatic rings. The lowest BCUT2D eigenvalue weighted by Crippen LogP contribution is -2.42. The smallest absolute Gasteiger partial charge is 0.410 e. The Morgan fingerprint density at radius 2 is 2.06 bits per heavy atom. The Balaban J connectivity index is 2.69. The second kappa shape index (κ2) is 4.85. The van der Waals surface area contributed by atoms with E-state index in [1.165, 1.54) is 0 Å². The maximum atomic E-state index is 11.9. The molecule has 0 aliphatic carbocycles. The van der Waals surface area contributed by atoms with Crippen molar-refractivity contribution in [2.45, 2.75) is 52.2 Å². The zero-order valence-electron chi connectivity index (χ0n) is 10.9. The number of carbonyl (C=O) groups is 1. The fraction of sp³-hybridized carbons (Fsp3) is 0.833. The van der Waals surface area contributed by atoms with E-state index in [1.807, 2.05) is 27.7 Å². The molecule has 0 bridgehead atoms. The Labute approximate surface area is 97.7 Å². The largest absolute Gasteiger partial charge is 0.444 e. The van der Waals surface area contributed by atoms with Gasteiger partial charge in [-0.15, -0.1) is 0 Å². The molecule has 1 fully saturated rings. The molecule has 0 aromatic heterocycles. The molecule has 1 aliphatic rings. The van der Waals surface area contributed by atoms with Gasteiger partial charge in [-0.1, -0.05) is 0 Å². The van der Waals surface area contributed by atoms with Gasteiger partial charge in [-0.05, 0) is 40.5 Å². The van der Waals surface area contributed by atoms with E-state index >= 15 is 0 Å². The SMILES string of the molecule is CN=C(C)C1CCCN1C(=O)OC(C)(C)C. The summed E-state index contributed by atoms with van der Waals surface area (Å²) in [4.78, 5) is 17.9. The highest BCUT2D eigenvalue weighted by Gasteiger charge is 2.33. The molecule has 1 heterocycles. The van der Waals surface area contributed by atoms with Crippen molar-refractivity contribution in [1.82, 2.24) is 4.90 Å². The average molecular weight is 226 g/mol. The molecule has 0 spiro atoms. The number of aliphatic imine (C=N–C) groups is 1. The molecule has 1 saturated heterocycles. The van der Waals surface area contributed by atoms with Crippen LogP contribution >= 0.6 is 0 Å². The number of nitrogens with zero attached hydrogens (tertiary/aromatic N) is 2. The summed E-state index contributed by atoms with van der Waals surface area (Å²) < 4.78 is 5.38. The van der Waals surface area contributed by atoms with Crippen molar-refractivity contribution in [3.63, 3.8) is 0 Å². The van der Waals surface area contributed by atoms with Crippen molar-refractivity contribution in [3.05, 3.63) is 0 Å². The van der Waals surface area contributed by atoms with E-state index in [9.17, 15) is 4.79 Å². The predicted molar refractivity (Wildman–Crippen MR) is 65.0 cm³/mol. The van der Waals surface area contributed by atoms with Gasteiger partial charge in [-0.25, -0.2) is 4.79 Å². The van der Waals surface area contributed by atoms with Gasteiger partial charge >= 0.3 is 6.09 Å². The van der Waals surface area contributed by atoms with Crippen molar-refractivity contribution in [3.8, 4) is 0 Å². The first kappa shape index (κ1) is 13.0. The number of carbonyl (C=O) groups excluding carboxylic acids is 1. The number of hydrogen-bond donors (Lipinski definition) is 0. The molecule has 1 atom stereocenters. The Morgan fingerprint density at radius 3 is 2.56 bits per heavy atom. The minimum Gasteiger partial charge on any atom is -0.444 e. The highest BCUT2D eigenvalue weighted by atomic mass is 16.6. The molecule has 0 aromatic carbocycles. The van der Waals surface area contributed by atoms with E-state index < -0.39 is 5.60 Å². The molecule has 1 rings (SSSR count). The van der Waals surface area contributed by atoms with Gasteiger partial charge < -0.3 is 4.74 Å². The molecule has 92 valence electrons. The first-order valence-electron chi connectivity index (χ1n) is 5.78. The normalized spacial score (nSPS) is 22.4. The minimum atomic E-state index is -0.429. The molecule has 0 radical (unpaired) electrons. The second-order valence-electron chi connectivity index (χ2n) is 5.20. The molecule has 0 N–H and O–H groups in total. The lowest BCUT2D eigenvalue weighted by atomic mass is 10.1. The summed E-state index contributed by atoms with van der Waals surface area (Å²) in [6.45, 7) is 8.39. The van der Waals surface area contributed by atoms with Crippen LogP contribution in [0.5, 0.6) is 0 Å². The molecule has 4 heteroatoms. The van der Waals surface area contributed by atoms with Crippen LogP contribution in [0.15, 0.2) is 4.99 Å². The standard InChI is InChI=1S/C12H22N2O2/c1-9(13-5)10-7-6-8-14(10)11(15)16-12(2,3)4/h10H,6-8H2,1-5H3. The van der Waals surface area contributed by atoms with E-state index in [2.05, 4.69) is 4.99 Å². The van der Waals surface area contributed by atoms with E-state index in [4.69, 9.17) is 4.74 Å². The lowest BCUT2D eigenvalue weighted by Gasteiger charge is -2.28. The van der Waals surface area contributed by atoms with Crippen LogP contribution in [0.2, 0.25) is 0 Å². The van der Waals surface area contributed by atoms with Crippen molar-refractivity contribution < 1.29 is 9.53 Å². The first-order chi connectivity index (χ1) is 7.35. The van der Waals surface area contributed by atoms with E-state index in [0.29, 0.717) is 0 Å². The maximum absolute atomic E-state index is 11.9. The molecule has 1 aliphatic heterocycles. The van der Waals surface area contributed by atoms with Crippen LogP contribution in [0, 0.1) is 0 Å². The Kier molecular flexibility index (Phi) is 3.94. The number of hydrogen-bond acceptors (Lipinski definition) is 3. The summed E-state index contributed by atoms with van der Waals surface area (Å²) in [6, 6.07) is 0.125. The van der Waals surface area contributed by atoms with Gasteiger partial charge in [0, 0.05) is 19.3 Å². The number of rotatable bonds is 1. The Morgan fingerprint density at radius 1 is 1.44 bits per heavy atom. The number of amides is 1. The number of likely N-dealkylation sites (tertiary alicyclic amines) is 1. The molecule has 4 nitrogen and oxygen atoms in total. The third kappa shape index (κ3) is 3.22. The Bertz CT molecular complexity index is 292. The van der Waals surface area contributed by atoms with Gasteiger partial charge in [0.25, 0.3) is 0 Å². The molecule has 0 saturated carbocycles. The fourth-order valence-corrected chi connectivity index (χ4v) is 1.89. The fourth-order valence-electron chi connectivity index (χ4n) is 1.89. The predicted octanol–water partition coefficient (Wildman–Crippen LogP) is 2.48. The van der Waals surface area contributed by atoms with Gasteiger partial charge in [0.1, 0.15) is 5.60 Å². The van der Waals surface area contributed by atoms with Crippen LogP contribution in [0.25, 0.3) is 0 Å². The summed E-state index contributed by atoms with van der Waals surface area (Å²) >= 11 is 0. The first-order valence-corrected chi connectivity index (χ1v) is 5.78. The summed E-state index contributed by atoms with van der Waals surface area (Å²) in [5, 5.41) is 0. The summed E-state index contributed by atoms with van der Waals surface area (Å²) in [6.07, 6.45) is 1.79. The third-order valence-electron chi connectivity index (χ3n) is 2.72. The van der Waals surface area contributed by atoms with Crippen molar-refractivity contribution in [2.24, 2.45) is 4.99 Å². The molecule has 1 unspecified atom stereocenters. The van der Waals surface area contributed by atoms with Gasteiger partial charge in [-0.3, -0.25) is 9.89 Å². The van der Waals surface area contributed by atoms with Crippen LogP contribution in [0.3, 0.4) is 0 Å². The lowest BCUT2D eigenvalue weighted by molar-refractivity contribution is 0.0265. The molecular formula is C12H22N2O2. The third-order valence-corrected chi connectivity index (χ3v) is 2.72. The van der Waals surface area contributed by atoms with Crippen LogP contribution in [-0.4, -0.2) is 41.9 Å². The van der Waals surface area contributed by atoms with Gasteiger partial charge in [-0.2, -0.15) is 0 Å². The highest BCUT2D eigenvalue weighted by Crippen LogP contribution is 2.21. The van der Waals surface area contributed by atoms with Crippen LogP contribution in [-0.2, 0) is 4.74 Å². The van der Waals surface area contributed by atoms with Gasteiger partial charge in [0.2, 0.25) is 0 Å². The monoisotopic (exact) mass is 226 g/mol. The van der Waals surface area contributed by atoms with Crippen LogP contribution in [0.4, 0.5) is 4.79 Å². The quantitative estimate of drug-likeness (QED) is 0.644. The molecule has 16 heavy (non-hydrogen) atoms. The average Bonchev–Trinajstić information content (AvgIpc) is 2.62. The minimum absolute atomic E-state index is 0.125. The topological polar surface area (TPSA) is 41.9 Å². The maximum Gasteiger partial charge on any atom is 0.410 e. The van der Waals surface area contributed by atoms with E-state index in [-0.39, 0.29) is 12.1 Å². The molecular weight excluding hydrogens is 204 g/mol. The van der Waals surface area contributed by atoms with Gasteiger partial charge in [0.15, 0.2) is 0 Å². The molecule has 1 amide bonds. The van der Waals surface area contributed by atoms with Crippen molar-refractivity contribution in [1.29, 1.82) is 0 Å². The Hall–Kier alpha value is -1.06. The number of ether oxygens (including phenoxy) is 1. The summed E-state index contributed by atoms with van der Waals surface area (Å²) in [5.74, 6) is 0. The second-order valence-corrected chi connectivity index (χ2v) is 5.20. The van der Waals surface area contributed by atoms with E-state index in [1.54, 1.807) is 11.9 Å². The van der Waals surface area contributed by atoms with Crippen molar-refractivity contribution >= 4 is 11.8 Å². The van der Waals surface area contributed by atoms with Gasteiger partial charge in [0.05, 0.1) is 6.04 Å². The zero-order valence-corrected chi connectivity index (χ0v) is 10.9.